The number of carbonyl (C=O) groups excluding carboxylic acids is 1. The second-order valence-corrected chi connectivity index (χ2v) is 4.76. The number of nitrogens with two attached hydrogens (primary N) is 1. The molecule has 0 saturated carbocycles. The highest BCUT2D eigenvalue weighted by molar-refractivity contribution is 9.10. The van der Waals surface area contributed by atoms with Crippen LogP contribution in [-0.2, 0) is 6.54 Å². The van der Waals surface area contributed by atoms with Gasteiger partial charge in [-0.2, -0.15) is 5.10 Å². The van der Waals surface area contributed by atoms with E-state index in [-0.39, 0.29) is 17.1 Å². The Bertz CT molecular complexity index is 626. The summed E-state index contributed by atoms with van der Waals surface area (Å²) in [5.41, 5.74) is 6.26. The van der Waals surface area contributed by atoms with Gasteiger partial charge < -0.3 is 11.1 Å². The molecule has 0 aliphatic rings. The molecule has 0 saturated heterocycles. The predicted octanol–water partition coefficient (Wildman–Crippen LogP) is 2.64. The number of carbonyl (C=O) groups is 1. The van der Waals surface area contributed by atoms with E-state index in [1.54, 1.807) is 6.07 Å². The summed E-state index contributed by atoms with van der Waals surface area (Å²) in [6, 6.07) is 4.30. The first kappa shape index (κ1) is 13.5. The number of nitrogens with zero attached hydrogens (tertiary/aromatic N) is 2. The number of hydrogen-bond acceptors (Lipinski definition) is 3. The van der Waals surface area contributed by atoms with Crippen LogP contribution in [0.5, 0.6) is 0 Å². The van der Waals surface area contributed by atoms with Gasteiger partial charge in [-0.1, -0.05) is 15.9 Å². The van der Waals surface area contributed by atoms with Gasteiger partial charge in [0.1, 0.15) is 11.5 Å². The average Bonchev–Trinajstić information content (AvgIpc) is 2.75. The largest absolute Gasteiger partial charge is 0.396 e. The third-order valence-electron chi connectivity index (χ3n) is 2.56. The number of aromatic nitrogens is 2. The van der Waals surface area contributed by atoms with E-state index in [0.29, 0.717) is 11.0 Å². The van der Waals surface area contributed by atoms with Crippen LogP contribution >= 0.6 is 15.9 Å². The molecule has 1 heterocycles. The van der Waals surface area contributed by atoms with Crippen molar-refractivity contribution >= 4 is 33.2 Å². The Kier molecular flexibility index (Phi) is 3.84. The average molecular weight is 327 g/mol. The smallest absolute Gasteiger partial charge is 0.276 e. The lowest BCUT2D eigenvalue weighted by Gasteiger charge is -2.09. The fourth-order valence-electron chi connectivity index (χ4n) is 1.66. The van der Waals surface area contributed by atoms with Crippen LogP contribution < -0.4 is 11.1 Å². The molecule has 0 unspecified atom stereocenters. The van der Waals surface area contributed by atoms with Crippen LogP contribution in [0.2, 0.25) is 0 Å². The first-order valence-corrected chi connectivity index (χ1v) is 6.40. The van der Waals surface area contributed by atoms with Gasteiger partial charge in [0.25, 0.3) is 5.91 Å². The van der Waals surface area contributed by atoms with Gasteiger partial charge in [0.15, 0.2) is 0 Å². The summed E-state index contributed by atoms with van der Waals surface area (Å²) >= 11 is 3.22. The summed E-state index contributed by atoms with van der Waals surface area (Å²) in [7, 11) is 0. The number of rotatable bonds is 3. The molecule has 2 rings (SSSR count). The molecule has 19 heavy (non-hydrogen) atoms. The van der Waals surface area contributed by atoms with Crippen molar-refractivity contribution in [2.24, 2.45) is 0 Å². The molecule has 7 heteroatoms. The van der Waals surface area contributed by atoms with Crippen molar-refractivity contribution in [3.05, 3.63) is 40.4 Å². The number of halogens is 2. The van der Waals surface area contributed by atoms with E-state index in [9.17, 15) is 9.18 Å². The van der Waals surface area contributed by atoms with Crippen molar-refractivity contribution in [1.82, 2.24) is 9.78 Å². The molecule has 3 N–H and O–H groups in total. The maximum absolute atomic E-state index is 13.6. The molecule has 5 nitrogen and oxygen atoms in total. The zero-order valence-electron chi connectivity index (χ0n) is 10.2. The highest BCUT2D eigenvalue weighted by atomic mass is 79.9. The first-order valence-electron chi connectivity index (χ1n) is 5.60. The van der Waals surface area contributed by atoms with Crippen LogP contribution in [0.1, 0.15) is 17.4 Å². The molecule has 0 aliphatic heterocycles. The van der Waals surface area contributed by atoms with Gasteiger partial charge >= 0.3 is 0 Å². The third-order valence-corrected chi connectivity index (χ3v) is 3.05. The second-order valence-electron chi connectivity index (χ2n) is 3.84. The van der Waals surface area contributed by atoms with E-state index < -0.39 is 11.7 Å². The van der Waals surface area contributed by atoms with Crippen LogP contribution in [0.25, 0.3) is 0 Å². The topological polar surface area (TPSA) is 72.9 Å². The summed E-state index contributed by atoms with van der Waals surface area (Å²) in [6.45, 7) is 2.34. The highest BCUT2D eigenvalue weighted by Gasteiger charge is 2.17. The lowest BCUT2D eigenvalue weighted by atomic mass is 10.3. The molecule has 0 aliphatic carbocycles. The molecule has 100 valence electrons. The normalized spacial score (nSPS) is 10.5. The summed E-state index contributed by atoms with van der Waals surface area (Å²) < 4.78 is 15.7. The summed E-state index contributed by atoms with van der Waals surface area (Å²) in [6.07, 6.45) is 1.40. The van der Waals surface area contributed by atoms with E-state index in [1.165, 1.54) is 23.0 Å². The van der Waals surface area contributed by atoms with Crippen molar-refractivity contribution in [1.29, 1.82) is 0 Å². The van der Waals surface area contributed by atoms with E-state index >= 15 is 0 Å². The number of nitrogens with one attached hydrogen (secondary N) is 1. The maximum Gasteiger partial charge on any atom is 0.276 e. The minimum atomic E-state index is -0.516. The van der Waals surface area contributed by atoms with Gasteiger partial charge in [-0.25, -0.2) is 4.39 Å². The van der Waals surface area contributed by atoms with Crippen LogP contribution in [0, 0.1) is 5.82 Å². The molecule has 1 aromatic carbocycles. The Morgan fingerprint density at radius 3 is 3.00 bits per heavy atom. The van der Waals surface area contributed by atoms with E-state index in [1.807, 2.05) is 6.92 Å². The molecular formula is C12H12BrFN4O. The number of hydrogen-bond donors (Lipinski definition) is 2. The van der Waals surface area contributed by atoms with Crippen molar-refractivity contribution in [3.8, 4) is 0 Å². The van der Waals surface area contributed by atoms with E-state index in [0.717, 1.165) is 0 Å². The number of aryl methyl sites for hydroxylation is 1. The van der Waals surface area contributed by atoms with Gasteiger partial charge in [0.2, 0.25) is 0 Å². The van der Waals surface area contributed by atoms with Crippen molar-refractivity contribution in [3.63, 3.8) is 0 Å². The van der Waals surface area contributed by atoms with Crippen LogP contribution in [0.4, 0.5) is 15.8 Å². The van der Waals surface area contributed by atoms with Gasteiger partial charge in [0, 0.05) is 11.0 Å². The Balaban J connectivity index is 2.30. The highest BCUT2D eigenvalue weighted by Crippen LogP contribution is 2.21. The Morgan fingerprint density at radius 1 is 1.58 bits per heavy atom. The molecule has 0 atom stereocenters. The predicted molar refractivity (Wildman–Crippen MR) is 74.4 cm³/mol. The zero-order valence-corrected chi connectivity index (χ0v) is 11.7. The molecule has 0 radical (unpaired) electrons. The van der Waals surface area contributed by atoms with E-state index in [2.05, 4.69) is 26.3 Å². The second kappa shape index (κ2) is 5.40. The van der Waals surface area contributed by atoms with Crippen LogP contribution in [0.3, 0.4) is 0 Å². The number of nitrogen functional groups attached to an aromatic ring is 1. The van der Waals surface area contributed by atoms with Crippen LogP contribution in [-0.4, -0.2) is 15.7 Å². The lowest BCUT2D eigenvalue weighted by molar-refractivity contribution is 0.101. The fourth-order valence-corrected chi connectivity index (χ4v) is 2.02. The van der Waals surface area contributed by atoms with Gasteiger partial charge in [0.05, 0.1) is 17.6 Å². The van der Waals surface area contributed by atoms with Gasteiger partial charge in [-0.15, -0.1) is 0 Å². The van der Waals surface area contributed by atoms with Crippen molar-refractivity contribution in [2.45, 2.75) is 13.5 Å². The standard InChI is InChI=1S/C12H12BrFN4O/c1-2-18-11(9(15)6-16-18)12(19)17-10-5-7(13)3-4-8(10)14/h3-6H,2,15H2,1H3,(H,17,19). The summed E-state index contributed by atoms with van der Waals surface area (Å²) in [5, 5.41) is 6.45. The molecular weight excluding hydrogens is 315 g/mol. The molecule has 0 spiro atoms. The monoisotopic (exact) mass is 326 g/mol. The molecule has 1 amide bonds. The Hall–Kier alpha value is -1.89. The quantitative estimate of drug-likeness (QED) is 0.910. The maximum atomic E-state index is 13.6. The van der Waals surface area contributed by atoms with Crippen molar-refractivity contribution in [2.75, 3.05) is 11.1 Å². The Morgan fingerprint density at radius 2 is 2.32 bits per heavy atom. The fraction of sp³-hybridized carbons (Fsp3) is 0.167. The van der Waals surface area contributed by atoms with Crippen LogP contribution in [0.15, 0.2) is 28.9 Å². The number of anilines is 2. The summed E-state index contributed by atoms with van der Waals surface area (Å²) in [4.78, 5) is 12.1. The van der Waals surface area contributed by atoms with Gasteiger partial charge in [-0.3, -0.25) is 9.48 Å². The Labute approximate surface area is 117 Å². The van der Waals surface area contributed by atoms with Gasteiger partial charge in [-0.05, 0) is 25.1 Å². The third kappa shape index (κ3) is 2.76. The summed E-state index contributed by atoms with van der Waals surface area (Å²) in [5.74, 6) is -1.01. The lowest BCUT2D eigenvalue weighted by Crippen LogP contribution is -2.19. The van der Waals surface area contributed by atoms with E-state index in [4.69, 9.17) is 5.73 Å². The minimum absolute atomic E-state index is 0.0858. The molecule has 0 fully saturated rings. The number of benzene rings is 1. The molecule has 2 aromatic rings. The molecule has 1 aromatic heterocycles. The number of amides is 1. The minimum Gasteiger partial charge on any atom is -0.396 e. The molecule has 0 bridgehead atoms. The zero-order chi connectivity index (χ0) is 14.0. The SMILES string of the molecule is CCn1ncc(N)c1C(=O)Nc1cc(Br)ccc1F. The first-order chi connectivity index (χ1) is 9.02. The van der Waals surface area contributed by atoms with Crippen molar-refractivity contribution < 1.29 is 9.18 Å².